The predicted molar refractivity (Wildman–Crippen MR) is 117 cm³/mol. The van der Waals surface area contributed by atoms with Crippen molar-refractivity contribution in [2.24, 2.45) is 0 Å². The summed E-state index contributed by atoms with van der Waals surface area (Å²) in [7, 11) is -1.29. The number of sulfonamides is 1. The molecule has 1 amide bonds. The lowest BCUT2D eigenvalue weighted by Crippen LogP contribution is -2.49. The number of hydrogen-bond donors (Lipinski definition) is 0. The van der Waals surface area contributed by atoms with Crippen LogP contribution in [0.1, 0.15) is 52.4 Å². The number of amides is 1. The van der Waals surface area contributed by atoms with E-state index in [9.17, 15) is 13.2 Å². The minimum atomic E-state index is -3.04. The summed E-state index contributed by atoms with van der Waals surface area (Å²) in [5.74, 6) is 0.353. The lowest BCUT2D eigenvalue weighted by atomic mass is 10.1. The Morgan fingerprint density at radius 2 is 1.57 bits per heavy atom. The van der Waals surface area contributed by atoms with Crippen molar-refractivity contribution in [2.45, 2.75) is 58.4 Å². The van der Waals surface area contributed by atoms with Crippen LogP contribution < -0.4 is 0 Å². The molecule has 1 atom stereocenters. The average molecular weight is 433 g/mol. The molecule has 28 heavy (non-hydrogen) atoms. The van der Waals surface area contributed by atoms with E-state index in [1.807, 2.05) is 18.7 Å². The van der Waals surface area contributed by atoms with Gasteiger partial charge in [-0.3, -0.25) is 9.69 Å². The fourth-order valence-corrected chi connectivity index (χ4v) is 5.75. The Morgan fingerprint density at radius 1 is 1.00 bits per heavy atom. The lowest BCUT2D eigenvalue weighted by molar-refractivity contribution is -0.126. The van der Waals surface area contributed by atoms with Crippen molar-refractivity contribution in [2.75, 3.05) is 52.1 Å². The third kappa shape index (κ3) is 6.11. The Kier molecular flexibility index (Phi) is 9.11. The van der Waals surface area contributed by atoms with Crippen molar-refractivity contribution in [1.29, 1.82) is 0 Å². The van der Waals surface area contributed by atoms with Gasteiger partial charge in [-0.15, -0.1) is 0 Å². The van der Waals surface area contributed by atoms with Gasteiger partial charge < -0.3 is 9.80 Å². The van der Waals surface area contributed by atoms with Crippen LogP contribution >= 0.6 is 12.2 Å². The van der Waals surface area contributed by atoms with E-state index in [2.05, 4.69) is 4.90 Å². The predicted octanol–water partition coefficient (Wildman–Crippen LogP) is 1.74. The highest BCUT2D eigenvalue weighted by Crippen LogP contribution is 2.17. The van der Waals surface area contributed by atoms with Crippen molar-refractivity contribution in [3.8, 4) is 0 Å². The quantitative estimate of drug-likeness (QED) is 0.366. The molecule has 0 aromatic heterocycles. The van der Waals surface area contributed by atoms with E-state index in [1.54, 1.807) is 16.3 Å². The molecule has 1 unspecified atom stereocenters. The molecule has 2 saturated heterocycles. The fourth-order valence-electron chi connectivity index (χ4n) is 3.92. The molecule has 2 aliphatic heterocycles. The summed E-state index contributed by atoms with van der Waals surface area (Å²) in [5, 5.41) is 0.651. The van der Waals surface area contributed by atoms with E-state index in [1.165, 1.54) is 12.8 Å². The van der Waals surface area contributed by atoms with Crippen LogP contribution in [0.15, 0.2) is 0 Å². The summed E-state index contributed by atoms with van der Waals surface area (Å²) in [6.45, 7) is 8.67. The standard InChI is InChI=1S/C19H36N4O3S2/c1-4-16-28(25,26)22-14-12-21(13-15-22)10-8-6-5-7-9-11-23-17(2)18(24)20(3)19(23)27/h17H,4-16H2,1-3H3. The van der Waals surface area contributed by atoms with Gasteiger partial charge in [0.1, 0.15) is 6.04 Å². The molecule has 2 rings (SSSR count). The van der Waals surface area contributed by atoms with Gasteiger partial charge in [0, 0.05) is 39.8 Å². The molecule has 9 heteroatoms. The van der Waals surface area contributed by atoms with Crippen molar-refractivity contribution in [3.05, 3.63) is 0 Å². The molecule has 0 aliphatic carbocycles. The van der Waals surface area contributed by atoms with Gasteiger partial charge in [0.25, 0.3) is 5.91 Å². The largest absolute Gasteiger partial charge is 0.337 e. The molecular weight excluding hydrogens is 396 g/mol. The highest BCUT2D eigenvalue weighted by molar-refractivity contribution is 7.89. The lowest BCUT2D eigenvalue weighted by Gasteiger charge is -2.33. The first-order chi connectivity index (χ1) is 13.3. The van der Waals surface area contributed by atoms with Gasteiger partial charge in [0.15, 0.2) is 5.11 Å². The van der Waals surface area contributed by atoms with Gasteiger partial charge in [-0.1, -0.05) is 26.2 Å². The normalized spacial score (nSPS) is 22.5. The Morgan fingerprint density at radius 3 is 2.11 bits per heavy atom. The summed E-state index contributed by atoms with van der Waals surface area (Å²) in [6.07, 6.45) is 6.41. The second-order valence-corrected chi connectivity index (χ2v) is 10.3. The van der Waals surface area contributed by atoms with E-state index in [-0.39, 0.29) is 17.7 Å². The molecule has 162 valence electrons. The van der Waals surface area contributed by atoms with Crippen LogP contribution in [-0.4, -0.2) is 96.6 Å². The van der Waals surface area contributed by atoms with Crippen LogP contribution in [0, 0.1) is 0 Å². The zero-order valence-electron chi connectivity index (χ0n) is 17.6. The summed E-state index contributed by atoms with van der Waals surface area (Å²) in [4.78, 5) is 17.9. The number of unbranched alkanes of at least 4 members (excludes halogenated alkanes) is 4. The zero-order valence-corrected chi connectivity index (χ0v) is 19.2. The van der Waals surface area contributed by atoms with E-state index in [0.29, 0.717) is 24.6 Å². The summed E-state index contributed by atoms with van der Waals surface area (Å²) < 4.78 is 25.9. The molecule has 7 nitrogen and oxygen atoms in total. The topological polar surface area (TPSA) is 64.2 Å². The molecule has 0 spiro atoms. The minimum absolute atomic E-state index is 0.0904. The number of carbonyl (C=O) groups is 1. The van der Waals surface area contributed by atoms with Crippen molar-refractivity contribution < 1.29 is 13.2 Å². The number of thiocarbonyl (C=S) groups is 1. The first-order valence-electron chi connectivity index (χ1n) is 10.6. The second kappa shape index (κ2) is 10.8. The first-order valence-corrected chi connectivity index (χ1v) is 12.6. The Labute approximate surface area is 176 Å². The van der Waals surface area contributed by atoms with E-state index in [4.69, 9.17) is 12.2 Å². The third-order valence-electron chi connectivity index (χ3n) is 5.75. The van der Waals surface area contributed by atoms with Crippen molar-refractivity contribution >= 4 is 33.3 Å². The molecule has 0 bridgehead atoms. The monoisotopic (exact) mass is 432 g/mol. The van der Waals surface area contributed by atoms with Crippen LogP contribution in [0.4, 0.5) is 0 Å². The molecule has 2 aliphatic rings. The molecule has 0 aromatic carbocycles. The highest BCUT2D eigenvalue weighted by atomic mass is 32.2. The van der Waals surface area contributed by atoms with Crippen molar-refractivity contribution in [3.63, 3.8) is 0 Å². The van der Waals surface area contributed by atoms with E-state index in [0.717, 1.165) is 45.4 Å². The molecule has 0 radical (unpaired) electrons. The van der Waals surface area contributed by atoms with E-state index < -0.39 is 10.0 Å². The van der Waals surface area contributed by atoms with Gasteiger partial charge in [0.2, 0.25) is 10.0 Å². The number of rotatable bonds is 11. The summed E-state index contributed by atoms with van der Waals surface area (Å²) >= 11 is 5.34. The number of likely N-dealkylation sites (N-methyl/N-ethyl adjacent to an activating group) is 1. The van der Waals surface area contributed by atoms with Crippen molar-refractivity contribution in [1.82, 2.24) is 19.0 Å². The van der Waals surface area contributed by atoms with Crippen LogP contribution in [0.5, 0.6) is 0 Å². The Hall–Kier alpha value is -0.770. The smallest absolute Gasteiger partial charge is 0.250 e. The summed E-state index contributed by atoms with van der Waals surface area (Å²) in [6, 6.07) is -0.127. The van der Waals surface area contributed by atoms with Gasteiger partial charge in [-0.25, -0.2) is 8.42 Å². The van der Waals surface area contributed by atoms with Gasteiger partial charge in [0.05, 0.1) is 5.75 Å². The maximum atomic E-state index is 12.1. The maximum absolute atomic E-state index is 12.1. The maximum Gasteiger partial charge on any atom is 0.250 e. The van der Waals surface area contributed by atoms with Gasteiger partial charge >= 0.3 is 0 Å². The Bertz CT molecular complexity index is 633. The van der Waals surface area contributed by atoms with Gasteiger partial charge in [-0.2, -0.15) is 4.31 Å². The van der Waals surface area contributed by atoms with Gasteiger partial charge in [-0.05, 0) is 44.9 Å². The minimum Gasteiger partial charge on any atom is -0.337 e. The number of piperazine rings is 1. The fraction of sp³-hybridized carbons (Fsp3) is 0.895. The van der Waals surface area contributed by atoms with E-state index >= 15 is 0 Å². The third-order valence-corrected chi connectivity index (χ3v) is 8.33. The molecule has 0 N–H and O–H groups in total. The SMILES string of the molecule is CCCS(=O)(=O)N1CCN(CCCCCCCN2C(=S)N(C)C(=O)C2C)CC1. The molecule has 2 fully saturated rings. The average Bonchev–Trinajstić information content (AvgIpc) is 2.85. The second-order valence-electron chi connectivity index (χ2n) is 7.87. The van der Waals surface area contributed by atoms with Crippen LogP contribution in [0.25, 0.3) is 0 Å². The highest BCUT2D eigenvalue weighted by Gasteiger charge is 2.36. The Balaban J connectivity index is 1.53. The number of carbonyl (C=O) groups excluding carboxylic acids is 1. The van der Waals surface area contributed by atoms with Crippen LogP contribution in [0.3, 0.4) is 0 Å². The molecule has 2 heterocycles. The first kappa shape index (κ1) is 23.5. The number of hydrogen-bond acceptors (Lipinski definition) is 5. The number of nitrogens with zero attached hydrogens (tertiary/aromatic N) is 4. The summed E-state index contributed by atoms with van der Waals surface area (Å²) in [5.41, 5.74) is 0. The molecule has 0 aromatic rings. The molecular formula is C19H36N4O3S2. The van der Waals surface area contributed by atoms with Crippen LogP contribution in [0.2, 0.25) is 0 Å². The van der Waals surface area contributed by atoms with Crippen LogP contribution in [-0.2, 0) is 14.8 Å². The zero-order chi connectivity index (χ0) is 20.7. The molecule has 0 saturated carbocycles.